The predicted octanol–water partition coefficient (Wildman–Crippen LogP) is 2.57. The summed E-state index contributed by atoms with van der Waals surface area (Å²) in [5.74, 6) is 0.603. The van der Waals surface area contributed by atoms with Crippen LogP contribution in [0, 0.1) is 11.3 Å². The van der Waals surface area contributed by atoms with Gasteiger partial charge < -0.3 is 10.1 Å². The number of nitriles is 1. The summed E-state index contributed by atoms with van der Waals surface area (Å²) in [6, 6.07) is 8.70. The Morgan fingerprint density at radius 2 is 2.28 bits per heavy atom. The molecule has 96 valence electrons. The maximum absolute atomic E-state index is 11.5. The highest BCUT2D eigenvalue weighted by atomic mass is 16.5. The zero-order chi connectivity index (χ0) is 13.4. The van der Waals surface area contributed by atoms with Crippen LogP contribution in [0.4, 0.5) is 0 Å². The molecule has 1 aromatic rings. The third-order valence-corrected chi connectivity index (χ3v) is 2.41. The Bertz CT molecular complexity index is 438. The molecule has 0 spiro atoms. The first-order valence-electron chi connectivity index (χ1n) is 6.13. The third kappa shape index (κ3) is 4.10. The number of hydrogen-bond acceptors (Lipinski definition) is 3. The molecule has 4 nitrogen and oxygen atoms in total. The molecular weight excluding hydrogens is 228 g/mol. The molecule has 0 aromatic heterocycles. The number of amides is 1. The number of nitrogens with zero attached hydrogens (tertiary/aromatic N) is 1. The predicted molar refractivity (Wildman–Crippen MR) is 69.0 cm³/mol. The summed E-state index contributed by atoms with van der Waals surface area (Å²) in [5, 5.41) is 11.8. The summed E-state index contributed by atoms with van der Waals surface area (Å²) in [4.78, 5) is 11.5. The van der Waals surface area contributed by atoms with Crippen molar-refractivity contribution in [3.05, 3.63) is 29.8 Å². The van der Waals surface area contributed by atoms with Gasteiger partial charge in [-0.15, -0.1) is 0 Å². The van der Waals surface area contributed by atoms with Crippen molar-refractivity contribution in [2.24, 2.45) is 0 Å². The fourth-order valence-corrected chi connectivity index (χ4v) is 1.60. The number of benzene rings is 1. The molecule has 0 fully saturated rings. The monoisotopic (exact) mass is 246 g/mol. The van der Waals surface area contributed by atoms with Crippen LogP contribution in [0.15, 0.2) is 24.3 Å². The first-order chi connectivity index (χ1) is 8.71. The normalized spacial score (nSPS) is 11.4. The Kier molecular flexibility index (Phi) is 5.72. The molecule has 0 saturated carbocycles. The van der Waals surface area contributed by atoms with E-state index in [-0.39, 0.29) is 5.91 Å². The van der Waals surface area contributed by atoms with Crippen molar-refractivity contribution >= 4 is 5.91 Å². The van der Waals surface area contributed by atoms with Crippen LogP contribution in [0.5, 0.6) is 5.75 Å². The maximum atomic E-state index is 11.5. The SMILES string of the molecule is CCCC(=O)NC(C#N)c1cccc(OCC)c1. The first kappa shape index (κ1) is 14.0. The minimum absolute atomic E-state index is 0.106. The highest BCUT2D eigenvalue weighted by Gasteiger charge is 2.13. The number of carbonyl (C=O) groups excluding carboxylic acids is 1. The highest BCUT2D eigenvalue weighted by Crippen LogP contribution is 2.19. The van der Waals surface area contributed by atoms with Crippen LogP contribution < -0.4 is 10.1 Å². The number of carbonyl (C=O) groups is 1. The van der Waals surface area contributed by atoms with E-state index in [4.69, 9.17) is 10.00 Å². The van der Waals surface area contributed by atoms with Gasteiger partial charge >= 0.3 is 0 Å². The Balaban J connectivity index is 2.79. The Labute approximate surface area is 108 Å². The molecule has 0 aliphatic carbocycles. The standard InChI is InChI=1S/C14H18N2O2/c1-3-6-14(17)16-13(10-15)11-7-5-8-12(9-11)18-4-2/h5,7-9,13H,3-4,6H2,1-2H3,(H,16,17). The fraction of sp³-hybridized carbons (Fsp3) is 0.429. The molecule has 1 amide bonds. The largest absolute Gasteiger partial charge is 0.494 e. The van der Waals surface area contributed by atoms with E-state index in [0.717, 1.165) is 12.0 Å². The maximum Gasteiger partial charge on any atom is 0.221 e. The molecule has 1 N–H and O–H groups in total. The lowest BCUT2D eigenvalue weighted by atomic mass is 10.1. The van der Waals surface area contributed by atoms with Crippen molar-refractivity contribution in [3.8, 4) is 11.8 Å². The van der Waals surface area contributed by atoms with Crippen molar-refractivity contribution in [1.82, 2.24) is 5.32 Å². The zero-order valence-corrected chi connectivity index (χ0v) is 10.8. The molecule has 0 aliphatic heterocycles. The van der Waals surface area contributed by atoms with Crippen LogP contribution in [0.3, 0.4) is 0 Å². The quantitative estimate of drug-likeness (QED) is 0.839. The average Bonchev–Trinajstić information content (AvgIpc) is 2.37. The molecule has 0 heterocycles. The lowest BCUT2D eigenvalue weighted by molar-refractivity contribution is -0.121. The van der Waals surface area contributed by atoms with Crippen molar-refractivity contribution in [2.75, 3.05) is 6.61 Å². The van der Waals surface area contributed by atoms with Gasteiger partial charge in [-0.3, -0.25) is 4.79 Å². The topological polar surface area (TPSA) is 62.1 Å². The Hall–Kier alpha value is -2.02. The number of nitrogens with one attached hydrogen (secondary N) is 1. The fourth-order valence-electron chi connectivity index (χ4n) is 1.60. The lowest BCUT2D eigenvalue weighted by Crippen LogP contribution is -2.27. The number of ether oxygens (including phenoxy) is 1. The van der Waals surface area contributed by atoms with Gasteiger partial charge in [-0.25, -0.2) is 0 Å². The van der Waals surface area contributed by atoms with E-state index in [1.807, 2.05) is 32.0 Å². The summed E-state index contributed by atoms with van der Waals surface area (Å²) in [5.41, 5.74) is 0.743. The van der Waals surface area contributed by atoms with Crippen LogP contribution in [0.25, 0.3) is 0 Å². The van der Waals surface area contributed by atoms with E-state index in [2.05, 4.69) is 11.4 Å². The summed E-state index contributed by atoms with van der Waals surface area (Å²) in [7, 11) is 0. The van der Waals surface area contributed by atoms with Gasteiger partial charge in [0.05, 0.1) is 12.7 Å². The van der Waals surface area contributed by atoms with Crippen molar-refractivity contribution < 1.29 is 9.53 Å². The molecule has 0 aliphatic rings. The minimum Gasteiger partial charge on any atom is -0.494 e. The molecule has 1 rings (SSSR count). The van der Waals surface area contributed by atoms with Gasteiger partial charge in [0.1, 0.15) is 11.8 Å². The number of rotatable bonds is 6. The highest BCUT2D eigenvalue weighted by molar-refractivity contribution is 5.76. The summed E-state index contributed by atoms with van der Waals surface area (Å²) in [6.45, 7) is 4.40. The van der Waals surface area contributed by atoms with Gasteiger partial charge in [-0.05, 0) is 31.0 Å². The third-order valence-electron chi connectivity index (χ3n) is 2.41. The van der Waals surface area contributed by atoms with E-state index < -0.39 is 6.04 Å². The summed E-state index contributed by atoms with van der Waals surface area (Å²) >= 11 is 0. The molecule has 1 unspecified atom stereocenters. The molecule has 0 bridgehead atoms. The lowest BCUT2D eigenvalue weighted by Gasteiger charge is -2.13. The van der Waals surface area contributed by atoms with E-state index in [0.29, 0.717) is 18.8 Å². The van der Waals surface area contributed by atoms with E-state index in [1.54, 1.807) is 6.07 Å². The summed E-state index contributed by atoms with van der Waals surface area (Å²) < 4.78 is 5.37. The molecule has 4 heteroatoms. The van der Waals surface area contributed by atoms with E-state index >= 15 is 0 Å². The Morgan fingerprint density at radius 3 is 2.89 bits per heavy atom. The van der Waals surface area contributed by atoms with Crippen LogP contribution in [-0.4, -0.2) is 12.5 Å². The molecule has 1 aromatic carbocycles. The van der Waals surface area contributed by atoms with Crippen molar-refractivity contribution in [1.29, 1.82) is 5.26 Å². The first-order valence-corrected chi connectivity index (χ1v) is 6.13. The zero-order valence-electron chi connectivity index (χ0n) is 10.8. The van der Waals surface area contributed by atoms with E-state index in [9.17, 15) is 4.79 Å². The van der Waals surface area contributed by atoms with Gasteiger partial charge in [0.15, 0.2) is 0 Å². The molecule has 0 radical (unpaired) electrons. The van der Waals surface area contributed by atoms with Gasteiger partial charge in [0.25, 0.3) is 0 Å². The van der Waals surface area contributed by atoms with Gasteiger partial charge in [-0.1, -0.05) is 19.1 Å². The van der Waals surface area contributed by atoms with Gasteiger partial charge in [0, 0.05) is 6.42 Å². The van der Waals surface area contributed by atoms with Crippen molar-refractivity contribution in [2.45, 2.75) is 32.7 Å². The van der Waals surface area contributed by atoms with Crippen LogP contribution >= 0.6 is 0 Å². The van der Waals surface area contributed by atoms with Crippen LogP contribution in [0.1, 0.15) is 38.3 Å². The minimum atomic E-state index is -0.621. The number of hydrogen-bond donors (Lipinski definition) is 1. The second-order valence-corrected chi connectivity index (χ2v) is 3.89. The van der Waals surface area contributed by atoms with Gasteiger partial charge in [-0.2, -0.15) is 5.26 Å². The smallest absolute Gasteiger partial charge is 0.221 e. The second-order valence-electron chi connectivity index (χ2n) is 3.89. The van der Waals surface area contributed by atoms with Crippen LogP contribution in [0.2, 0.25) is 0 Å². The molecular formula is C14H18N2O2. The summed E-state index contributed by atoms with van der Waals surface area (Å²) in [6.07, 6.45) is 1.20. The van der Waals surface area contributed by atoms with Crippen molar-refractivity contribution in [3.63, 3.8) is 0 Å². The molecule has 0 saturated heterocycles. The van der Waals surface area contributed by atoms with E-state index in [1.165, 1.54) is 0 Å². The average molecular weight is 246 g/mol. The molecule has 18 heavy (non-hydrogen) atoms. The van der Waals surface area contributed by atoms with Crippen LogP contribution in [-0.2, 0) is 4.79 Å². The van der Waals surface area contributed by atoms with Gasteiger partial charge in [0.2, 0.25) is 5.91 Å². The molecule has 1 atom stereocenters. The second kappa shape index (κ2) is 7.33. The Morgan fingerprint density at radius 1 is 1.50 bits per heavy atom.